The van der Waals surface area contributed by atoms with Gasteiger partial charge in [0.15, 0.2) is 11.5 Å². The number of rotatable bonds is 10. The molecule has 0 atom stereocenters. The molecule has 1 heterocycles. The molecule has 6 nitrogen and oxygen atoms in total. The van der Waals surface area contributed by atoms with Gasteiger partial charge in [0.05, 0.1) is 25.2 Å². The van der Waals surface area contributed by atoms with Gasteiger partial charge in [0, 0.05) is 0 Å². The second kappa shape index (κ2) is 11.0. The molecule has 3 rings (SSSR count). The van der Waals surface area contributed by atoms with Crippen LogP contribution in [0.15, 0.2) is 47.4 Å². The molecule has 0 saturated carbocycles. The zero-order valence-corrected chi connectivity index (χ0v) is 18.4. The molecule has 1 fully saturated rings. The van der Waals surface area contributed by atoms with Gasteiger partial charge >= 0.3 is 0 Å². The Morgan fingerprint density at radius 2 is 1.73 bits per heavy atom. The topological polar surface area (TPSA) is 66.0 Å². The quantitative estimate of drug-likeness (QED) is 0.337. The van der Waals surface area contributed by atoms with E-state index in [0.717, 1.165) is 11.3 Å². The first-order chi connectivity index (χ1) is 14.5. The summed E-state index contributed by atoms with van der Waals surface area (Å²) in [5, 5.41) is 2.60. The minimum atomic E-state index is -0.187. The van der Waals surface area contributed by atoms with Crippen LogP contribution in [0.3, 0.4) is 0 Å². The van der Waals surface area contributed by atoms with Crippen LogP contribution < -0.4 is 19.5 Å². The van der Waals surface area contributed by atoms with Crippen molar-refractivity contribution in [2.24, 2.45) is 0 Å². The maximum atomic E-state index is 11.8. The number of hydrogen-bond acceptors (Lipinski definition) is 7. The molecule has 1 saturated heterocycles. The Hall–Kier alpha value is -2.55. The lowest BCUT2D eigenvalue weighted by Crippen LogP contribution is -2.17. The molecule has 1 aliphatic heterocycles. The molecule has 2 aromatic rings. The van der Waals surface area contributed by atoms with Gasteiger partial charge in [0.25, 0.3) is 5.91 Å². The van der Waals surface area contributed by atoms with Gasteiger partial charge in [-0.1, -0.05) is 47.7 Å². The summed E-state index contributed by atoms with van der Waals surface area (Å²) in [6, 6.07) is 13.4. The highest BCUT2D eigenvalue weighted by atomic mass is 32.2. The van der Waals surface area contributed by atoms with Crippen LogP contribution in [0, 0.1) is 6.92 Å². The van der Waals surface area contributed by atoms with Crippen molar-refractivity contribution in [2.45, 2.75) is 6.92 Å². The van der Waals surface area contributed by atoms with E-state index in [2.05, 4.69) is 5.32 Å². The van der Waals surface area contributed by atoms with Crippen molar-refractivity contribution in [2.75, 3.05) is 33.5 Å². The van der Waals surface area contributed by atoms with Gasteiger partial charge in [-0.3, -0.25) is 4.79 Å². The van der Waals surface area contributed by atoms with Crippen LogP contribution >= 0.6 is 24.0 Å². The van der Waals surface area contributed by atoms with E-state index in [-0.39, 0.29) is 5.91 Å². The first-order valence-electron chi connectivity index (χ1n) is 9.38. The van der Waals surface area contributed by atoms with E-state index in [1.165, 1.54) is 17.3 Å². The molecular weight excluding hydrogens is 422 g/mol. The maximum absolute atomic E-state index is 11.8. The largest absolute Gasteiger partial charge is 0.493 e. The first-order valence-corrected chi connectivity index (χ1v) is 10.6. The first kappa shape index (κ1) is 22.1. The Morgan fingerprint density at radius 1 is 1.00 bits per heavy atom. The number of aryl methyl sites for hydroxylation is 1. The van der Waals surface area contributed by atoms with Crippen LogP contribution in [0.2, 0.25) is 0 Å². The average molecular weight is 446 g/mol. The number of nitrogens with one attached hydrogen (secondary N) is 1. The summed E-state index contributed by atoms with van der Waals surface area (Å²) < 4.78 is 22.8. The number of amides is 1. The third-order valence-electron chi connectivity index (χ3n) is 4.13. The minimum absolute atomic E-state index is 0.187. The van der Waals surface area contributed by atoms with E-state index in [1.54, 1.807) is 13.2 Å². The van der Waals surface area contributed by atoms with Crippen molar-refractivity contribution in [3.05, 3.63) is 58.5 Å². The van der Waals surface area contributed by atoms with Gasteiger partial charge in [-0.2, -0.15) is 0 Å². The van der Waals surface area contributed by atoms with Crippen molar-refractivity contribution in [1.29, 1.82) is 0 Å². The van der Waals surface area contributed by atoms with Crippen LogP contribution in [-0.4, -0.2) is 43.8 Å². The predicted octanol–water partition coefficient (Wildman–Crippen LogP) is 3.97. The summed E-state index contributed by atoms with van der Waals surface area (Å²) in [7, 11) is 1.57. The van der Waals surface area contributed by atoms with Gasteiger partial charge in [-0.05, 0) is 42.8 Å². The maximum Gasteiger partial charge on any atom is 0.263 e. The Labute approximate surface area is 185 Å². The molecule has 158 valence electrons. The summed E-state index contributed by atoms with van der Waals surface area (Å²) in [5.74, 6) is 1.83. The highest BCUT2D eigenvalue weighted by molar-refractivity contribution is 8.26. The Kier molecular flexibility index (Phi) is 8.12. The van der Waals surface area contributed by atoms with Gasteiger partial charge < -0.3 is 24.3 Å². The van der Waals surface area contributed by atoms with E-state index in [4.69, 9.17) is 31.2 Å². The van der Waals surface area contributed by atoms with Crippen LogP contribution in [0.25, 0.3) is 6.08 Å². The smallest absolute Gasteiger partial charge is 0.263 e. The molecule has 0 aromatic heterocycles. The fourth-order valence-electron chi connectivity index (χ4n) is 2.63. The standard InChI is InChI=1S/C22H23NO5S2/c1-15-3-6-17(7-4-15)27-11-9-26-10-12-28-18-8-5-16(13-19(18)25-2)14-20-21(24)23-22(29)30-20/h3-8,13-14H,9-12H2,1-2H3,(H,23,24,29). The van der Waals surface area contributed by atoms with Gasteiger partial charge in [0.2, 0.25) is 0 Å². The monoisotopic (exact) mass is 445 g/mol. The molecule has 1 amide bonds. The second-order valence-corrected chi connectivity index (χ2v) is 8.10. The highest BCUT2D eigenvalue weighted by Crippen LogP contribution is 2.31. The molecule has 30 heavy (non-hydrogen) atoms. The SMILES string of the molecule is COc1cc(C=C2SC(=S)NC2=O)ccc1OCCOCCOc1ccc(C)cc1. The molecule has 2 aromatic carbocycles. The van der Waals surface area contributed by atoms with Crippen molar-refractivity contribution in [3.8, 4) is 17.2 Å². The summed E-state index contributed by atoms with van der Waals surface area (Å²) in [4.78, 5) is 12.3. The minimum Gasteiger partial charge on any atom is -0.493 e. The fraction of sp³-hybridized carbons (Fsp3) is 0.273. The highest BCUT2D eigenvalue weighted by Gasteiger charge is 2.22. The Bertz CT molecular complexity index is 928. The normalized spacial score (nSPS) is 14.7. The summed E-state index contributed by atoms with van der Waals surface area (Å²) >= 11 is 6.24. The third kappa shape index (κ3) is 6.48. The van der Waals surface area contributed by atoms with Crippen molar-refractivity contribution in [1.82, 2.24) is 5.32 Å². The lowest BCUT2D eigenvalue weighted by Gasteiger charge is -2.12. The zero-order chi connectivity index (χ0) is 21.3. The number of ether oxygens (including phenoxy) is 4. The molecule has 0 aliphatic carbocycles. The number of carbonyl (C=O) groups excluding carboxylic acids is 1. The van der Waals surface area contributed by atoms with E-state index in [1.807, 2.05) is 49.4 Å². The molecule has 8 heteroatoms. The second-order valence-electron chi connectivity index (χ2n) is 6.38. The Balaban J connectivity index is 1.41. The average Bonchev–Trinajstić information content (AvgIpc) is 3.05. The number of carbonyl (C=O) groups is 1. The van der Waals surface area contributed by atoms with Crippen molar-refractivity contribution >= 4 is 40.3 Å². The Morgan fingerprint density at radius 3 is 2.40 bits per heavy atom. The molecule has 1 aliphatic rings. The van der Waals surface area contributed by atoms with Crippen LogP contribution in [0.5, 0.6) is 17.2 Å². The van der Waals surface area contributed by atoms with E-state index in [9.17, 15) is 4.79 Å². The lowest BCUT2D eigenvalue weighted by atomic mass is 10.2. The molecular formula is C22H23NO5S2. The number of thioether (sulfide) groups is 1. The predicted molar refractivity (Wildman–Crippen MR) is 122 cm³/mol. The lowest BCUT2D eigenvalue weighted by molar-refractivity contribution is -0.115. The van der Waals surface area contributed by atoms with Gasteiger partial charge in [-0.15, -0.1) is 0 Å². The number of thiocarbonyl (C=S) groups is 1. The number of hydrogen-bond donors (Lipinski definition) is 1. The molecule has 0 unspecified atom stereocenters. The zero-order valence-electron chi connectivity index (χ0n) is 16.8. The summed E-state index contributed by atoms with van der Waals surface area (Å²) in [6.45, 7) is 3.80. The summed E-state index contributed by atoms with van der Waals surface area (Å²) in [6.07, 6.45) is 1.77. The van der Waals surface area contributed by atoms with E-state index in [0.29, 0.717) is 47.2 Å². The van der Waals surface area contributed by atoms with Gasteiger partial charge in [-0.25, -0.2) is 0 Å². The third-order valence-corrected chi connectivity index (χ3v) is 5.29. The van der Waals surface area contributed by atoms with Crippen molar-refractivity contribution < 1.29 is 23.7 Å². The van der Waals surface area contributed by atoms with Crippen LogP contribution in [-0.2, 0) is 9.53 Å². The molecule has 0 bridgehead atoms. The van der Waals surface area contributed by atoms with E-state index >= 15 is 0 Å². The van der Waals surface area contributed by atoms with Gasteiger partial charge in [0.1, 0.15) is 23.3 Å². The molecule has 1 N–H and O–H groups in total. The summed E-state index contributed by atoms with van der Waals surface area (Å²) in [5.41, 5.74) is 2.02. The van der Waals surface area contributed by atoms with Crippen LogP contribution in [0.1, 0.15) is 11.1 Å². The molecule has 0 spiro atoms. The fourth-order valence-corrected chi connectivity index (χ4v) is 3.68. The molecule has 0 radical (unpaired) electrons. The van der Waals surface area contributed by atoms with Crippen LogP contribution in [0.4, 0.5) is 0 Å². The van der Waals surface area contributed by atoms with E-state index < -0.39 is 0 Å². The van der Waals surface area contributed by atoms with Crippen molar-refractivity contribution in [3.63, 3.8) is 0 Å². The number of benzene rings is 2. The number of methoxy groups -OCH3 is 1.